The van der Waals surface area contributed by atoms with Gasteiger partial charge in [0.1, 0.15) is 17.2 Å². The molecule has 0 saturated carbocycles. The van der Waals surface area contributed by atoms with Crippen LogP contribution in [-0.2, 0) is 0 Å². The summed E-state index contributed by atoms with van der Waals surface area (Å²) < 4.78 is 11.6. The molecule has 0 atom stereocenters. The number of hydrogen-bond acceptors (Lipinski definition) is 6. The molecule has 2 aliphatic rings. The molecule has 4 rings (SSSR count). The third-order valence-corrected chi connectivity index (χ3v) is 7.21. The number of carbonyl (C=O) groups is 1. The zero-order chi connectivity index (χ0) is 25.7. The molecule has 1 N–H and O–H groups in total. The molecule has 6 heteroatoms. The van der Waals surface area contributed by atoms with Gasteiger partial charge in [0.15, 0.2) is 5.78 Å². The van der Waals surface area contributed by atoms with E-state index in [0.29, 0.717) is 12.4 Å². The molecule has 200 valence electrons. The van der Waals surface area contributed by atoms with Crippen molar-refractivity contribution in [3.05, 3.63) is 59.7 Å². The molecule has 2 aromatic carbocycles. The number of benzene rings is 2. The number of aromatic hydroxyl groups is 1. The van der Waals surface area contributed by atoms with Crippen LogP contribution in [0.15, 0.2) is 48.5 Å². The minimum atomic E-state index is -0.243. The minimum absolute atomic E-state index is 0.0577. The van der Waals surface area contributed by atoms with Crippen LogP contribution < -0.4 is 9.47 Å². The van der Waals surface area contributed by atoms with Crippen LogP contribution in [0.1, 0.15) is 67.3 Å². The first-order valence-electron chi connectivity index (χ1n) is 14.0. The zero-order valence-corrected chi connectivity index (χ0v) is 22.1. The summed E-state index contributed by atoms with van der Waals surface area (Å²) >= 11 is 0. The fraction of sp³-hybridized carbons (Fsp3) is 0.516. The largest absolute Gasteiger partial charge is 0.507 e. The van der Waals surface area contributed by atoms with Gasteiger partial charge in [-0.05, 0) is 127 Å². The first kappa shape index (κ1) is 27.2. The molecule has 2 fully saturated rings. The van der Waals surface area contributed by atoms with Crippen molar-refractivity contribution in [2.75, 3.05) is 52.5 Å². The van der Waals surface area contributed by atoms with Crippen LogP contribution >= 0.6 is 0 Å². The number of ether oxygens (including phenoxy) is 2. The molecule has 0 aromatic heterocycles. The number of nitrogens with zero attached hydrogens (tertiary/aromatic N) is 2. The van der Waals surface area contributed by atoms with E-state index in [0.717, 1.165) is 43.7 Å². The highest BCUT2D eigenvalue weighted by atomic mass is 16.5. The van der Waals surface area contributed by atoms with Crippen LogP contribution in [0.25, 0.3) is 6.08 Å². The smallest absolute Gasteiger partial charge is 0.189 e. The number of phenols is 1. The summed E-state index contributed by atoms with van der Waals surface area (Å²) in [4.78, 5) is 17.6. The molecule has 2 saturated heterocycles. The van der Waals surface area contributed by atoms with E-state index < -0.39 is 0 Å². The Hall–Kier alpha value is -2.83. The Morgan fingerprint density at radius 3 is 1.86 bits per heavy atom. The van der Waals surface area contributed by atoms with E-state index in [4.69, 9.17) is 9.47 Å². The summed E-state index contributed by atoms with van der Waals surface area (Å²) in [7, 11) is 0. The van der Waals surface area contributed by atoms with Gasteiger partial charge in [0.05, 0.1) is 18.8 Å². The predicted molar refractivity (Wildman–Crippen MR) is 149 cm³/mol. The Morgan fingerprint density at radius 1 is 0.757 bits per heavy atom. The van der Waals surface area contributed by atoms with Crippen molar-refractivity contribution in [3.8, 4) is 17.2 Å². The number of rotatable bonds is 15. The molecule has 0 unspecified atom stereocenters. The van der Waals surface area contributed by atoms with Crippen LogP contribution in [0.2, 0.25) is 0 Å². The fourth-order valence-electron chi connectivity index (χ4n) is 5.01. The number of carbonyl (C=O) groups excluding carboxylic acids is 1. The predicted octanol–water partition coefficient (Wildman–Crippen LogP) is 5.80. The van der Waals surface area contributed by atoms with Crippen molar-refractivity contribution in [3.63, 3.8) is 0 Å². The molecule has 6 nitrogen and oxygen atoms in total. The summed E-state index contributed by atoms with van der Waals surface area (Å²) in [5.74, 6) is 1.13. The average molecular weight is 507 g/mol. The van der Waals surface area contributed by atoms with Gasteiger partial charge in [0.25, 0.3) is 0 Å². The van der Waals surface area contributed by atoms with Gasteiger partial charge in [0, 0.05) is 6.07 Å². The number of likely N-dealkylation sites (tertiary alicyclic amines) is 2. The molecule has 0 aliphatic carbocycles. The number of allylic oxidation sites excluding steroid dienone is 1. The molecule has 0 radical (unpaired) electrons. The van der Waals surface area contributed by atoms with Gasteiger partial charge in [-0.3, -0.25) is 4.79 Å². The second-order valence-electron chi connectivity index (χ2n) is 10.2. The molecular weight excluding hydrogens is 464 g/mol. The van der Waals surface area contributed by atoms with Gasteiger partial charge in [-0.25, -0.2) is 0 Å². The summed E-state index contributed by atoms with van der Waals surface area (Å²) in [6.45, 7) is 8.56. The van der Waals surface area contributed by atoms with E-state index in [-0.39, 0.29) is 17.1 Å². The first-order chi connectivity index (χ1) is 18.2. The number of phenolic OH excluding ortho intramolecular Hbond substituents is 1. The van der Waals surface area contributed by atoms with Gasteiger partial charge in [-0.2, -0.15) is 0 Å². The van der Waals surface area contributed by atoms with E-state index in [2.05, 4.69) is 9.80 Å². The molecule has 2 aromatic rings. The van der Waals surface area contributed by atoms with E-state index >= 15 is 0 Å². The fourth-order valence-corrected chi connectivity index (χ4v) is 5.01. The van der Waals surface area contributed by atoms with E-state index in [9.17, 15) is 9.90 Å². The summed E-state index contributed by atoms with van der Waals surface area (Å²) in [6.07, 6.45) is 12.9. The minimum Gasteiger partial charge on any atom is -0.507 e. The van der Waals surface area contributed by atoms with Gasteiger partial charge < -0.3 is 24.4 Å². The Bertz CT molecular complexity index is 993. The van der Waals surface area contributed by atoms with Crippen LogP contribution in [0.4, 0.5) is 0 Å². The maximum Gasteiger partial charge on any atom is 0.189 e. The Kier molecular flexibility index (Phi) is 10.9. The van der Waals surface area contributed by atoms with Gasteiger partial charge in [-0.1, -0.05) is 18.2 Å². The van der Waals surface area contributed by atoms with Crippen LogP contribution in [-0.4, -0.2) is 73.2 Å². The van der Waals surface area contributed by atoms with Crippen molar-refractivity contribution in [2.24, 2.45) is 0 Å². The third-order valence-electron chi connectivity index (χ3n) is 7.21. The maximum atomic E-state index is 12.6. The average Bonchev–Trinajstić information content (AvgIpc) is 3.62. The molecular formula is C31H42N2O4. The van der Waals surface area contributed by atoms with Crippen LogP contribution in [0, 0.1) is 0 Å². The Morgan fingerprint density at radius 2 is 1.30 bits per heavy atom. The molecule has 37 heavy (non-hydrogen) atoms. The number of hydrogen-bond donors (Lipinski definition) is 1. The molecule has 0 spiro atoms. The lowest BCUT2D eigenvalue weighted by atomic mass is 10.1. The van der Waals surface area contributed by atoms with Gasteiger partial charge in [0.2, 0.25) is 0 Å². The molecule has 2 heterocycles. The van der Waals surface area contributed by atoms with Crippen LogP contribution in [0.3, 0.4) is 0 Å². The van der Waals surface area contributed by atoms with E-state index in [1.807, 2.05) is 24.3 Å². The van der Waals surface area contributed by atoms with Crippen molar-refractivity contribution in [1.82, 2.24) is 9.80 Å². The zero-order valence-electron chi connectivity index (χ0n) is 22.1. The topological polar surface area (TPSA) is 62.2 Å². The molecule has 2 aliphatic heterocycles. The number of unbranched alkanes of at least 4 members (excludes halogenated alkanes) is 2. The lowest BCUT2D eigenvalue weighted by Gasteiger charge is -2.14. The lowest BCUT2D eigenvalue weighted by molar-refractivity contribution is 0.104. The normalized spacial score (nSPS) is 16.5. The van der Waals surface area contributed by atoms with E-state index in [1.165, 1.54) is 77.0 Å². The number of ketones is 1. The van der Waals surface area contributed by atoms with Gasteiger partial charge >= 0.3 is 0 Å². The monoisotopic (exact) mass is 506 g/mol. The summed E-state index contributed by atoms with van der Waals surface area (Å²) in [5, 5.41) is 10.4. The maximum absolute atomic E-state index is 12.6. The van der Waals surface area contributed by atoms with Crippen LogP contribution in [0.5, 0.6) is 17.2 Å². The highest BCUT2D eigenvalue weighted by molar-refractivity contribution is 6.08. The third kappa shape index (κ3) is 9.20. The molecule has 0 bridgehead atoms. The van der Waals surface area contributed by atoms with E-state index in [1.54, 1.807) is 18.2 Å². The Balaban J connectivity index is 1.15. The Labute approximate surface area is 221 Å². The van der Waals surface area contributed by atoms with Crippen molar-refractivity contribution >= 4 is 11.9 Å². The summed E-state index contributed by atoms with van der Waals surface area (Å²) in [5.41, 5.74) is 1.18. The second-order valence-corrected chi connectivity index (χ2v) is 10.2. The standard InChI is InChI=1S/C31H42N2O4/c34-30(29-15-14-28(25-31(29)35)37-24-8-6-22-33-19-3-4-20-33)16-11-26-9-12-27(13-10-26)36-23-7-5-21-32-17-1-2-18-32/h9-16,25,35H,1-8,17-24H2/b16-11+. The highest BCUT2D eigenvalue weighted by Crippen LogP contribution is 2.25. The lowest BCUT2D eigenvalue weighted by Crippen LogP contribution is -2.20. The summed E-state index contributed by atoms with van der Waals surface area (Å²) in [6, 6.07) is 12.6. The quantitative estimate of drug-likeness (QED) is 0.187. The SMILES string of the molecule is O=C(/C=C/c1ccc(OCCCCN2CCCC2)cc1)c1ccc(OCCCCN2CCCC2)cc1O. The molecule has 0 amide bonds. The first-order valence-corrected chi connectivity index (χ1v) is 14.0. The van der Waals surface area contributed by atoms with Crippen molar-refractivity contribution in [1.29, 1.82) is 0 Å². The van der Waals surface area contributed by atoms with Crippen molar-refractivity contribution in [2.45, 2.75) is 51.4 Å². The second kappa shape index (κ2) is 14.8. The van der Waals surface area contributed by atoms with Gasteiger partial charge in [-0.15, -0.1) is 0 Å². The van der Waals surface area contributed by atoms with Crippen molar-refractivity contribution < 1.29 is 19.4 Å². The highest BCUT2D eigenvalue weighted by Gasteiger charge is 2.12.